The fourth-order valence-electron chi connectivity index (χ4n) is 8.85. The molecule has 0 nitrogen and oxygen atoms in total. The fourth-order valence-corrected chi connectivity index (χ4v) is 8.85. The molecule has 1 saturated carbocycles. The molecule has 2 aromatic rings. The third kappa shape index (κ3) is 5.32. The van der Waals surface area contributed by atoms with E-state index in [0.717, 1.165) is 12.8 Å². The number of allylic oxidation sites excluding steroid dienone is 11. The van der Waals surface area contributed by atoms with Crippen LogP contribution in [-0.4, -0.2) is 6.71 Å². The van der Waals surface area contributed by atoms with Crippen molar-refractivity contribution in [3.63, 3.8) is 0 Å². The monoisotopic (exact) mass is 568 g/mol. The van der Waals surface area contributed by atoms with Gasteiger partial charge in [-0.1, -0.05) is 141 Å². The van der Waals surface area contributed by atoms with Gasteiger partial charge in [0.1, 0.15) is 0 Å². The Kier molecular flexibility index (Phi) is 9.13. The van der Waals surface area contributed by atoms with Crippen LogP contribution in [0.3, 0.4) is 0 Å². The lowest BCUT2D eigenvalue weighted by molar-refractivity contribution is 0.0479. The van der Waals surface area contributed by atoms with Crippen molar-refractivity contribution in [2.75, 3.05) is 0 Å². The first kappa shape index (κ1) is 31.4. The van der Waals surface area contributed by atoms with Crippen LogP contribution >= 0.6 is 0 Å². The Morgan fingerprint density at radius 3 is 2.37 bits per heavy atom. The van der Waals surface area contributed by atoms with Gasteiger partial charge >= 0.3 is 0 Å². The number of benzene rings is 2. The Morgan fingerprint density at radius 1 is 0.977 bits per heavy atom. The van der Waals surface area contributed by atoms with Crippen LogP contribution in [0.4, 0.5) is 0 Å². The van der Waals surface area contributed by atoms with Crippen molar-refractivity contribution in [1.29, 1.82) is 0 Å². The predicted octanol–water partition coefficient (Wildman–Crippen LogP) is 11.4. The highest BCUT2D eigenvalue weighted by molar-refractivity contribution is 6.88. The van der Waals surface area contributed by atoms with E-state index in [2.05, 4.69) is 128 Å². The molecule has 5 rings (SSSR count). The van der Waals surface area contributed by atoms with Crippen LogP contribution < -0.4 is 5.46 Å². The predicted molar refractivity (Wildman–Crippen MR) is 191 cm³/mol. The highest BCUT2D eigenvalue weighted by Gasteiger charge is 2.48. The Bertz CT molecular complexity index is 1550. The molecule has 2 aliphatic carbocycles. The minimum atomic E-state index is 0.124. The topological polar surface area (TPSA) is 0 Å². The molecule has 0 aromatic heterocycles. The van der Waals surface area contributed by atoms with E-state index in [-0.39, 0.29) is 23.5 Å². The quantitative estimate of drug-likeness (QED) is 0.230. The lowest BCUT2D eigenvalue weighted by Gasteiger charge is -2.52. The van der Waals surface area contributed by atoms with Gasteiger partial charge in [-0.25, -0.2) is 0 Å². The first-order valence-electron chi connectivity index (χ1n) is 16.9. The zero-order chi connectivity index (χ0) is 30.9. The molecule has 0 saturated heterocycles. The van der Waals surface area contributed by atoms with Gasteiger partial charge in [0.15, 0.2) is 0 Å². The number of rotatable bonds is 7. The molecule has 0 bridgehead atoms. The van der Waals surface area contributed by atoms with Crippen molar-refractivity contribution >= 4 is 17.7 Å². The van der Waals surface area contributed by atoms with E-state index >= 15 is 0 Å². The van der Waals surface area contributed by atoms with Crippen LogP contribution in [0.2, 0.25) is 0 Å². The van der Waals surface area contributed by atoms with E-state index in [4.69, 9.17) is 6.58 Å². The van der Waals surface area contributed by atoms with Crippen molar-refractivity contribution in [3.8, 4) is 0 Å². The molecule has 0 N–H and O–H groups in total. The van der Waals surface area contributed by atoms with Gasteiger partial charge < -0.3 is 0 Å². The largest absolute Gasteiger partial charge is 0.237 e. The first-order valence-corrected chi connectivity index (χ1v) is 16.9. The van der Waals surface area contributed by atoms with Gasteiger partial charge in [-0.2, -0.15) is 0 Å². The van der Waals surface area contributed by atoms with Gasteiger partial charge in [0.25, 0.3) is 0 Å². The van der Waals surface area contributed by atoms with E-state index in [1.807, 2.05) is 0 Å². The maximum Gasteiger partial charge on any atom is 0.237 e. The Balaban J connectivity index is 1.79. The van der Waals surface area contributed by atoms with Crippen LogP contribution in [0, 0.1) is 24.7 Å². The van der Waals surface area contributed by atoms with Crippen LogP contribution in [0.15, 0.2) is 107 Å². The van der Waals surface area contributed by atoms with Gasteiger partial charge in [0, 0.05) is 5.92 Å². The maximum atomic E-state index is 5.00. The van der Waals surface area contributed by atoms with Crippen molar-refractivity contribution < 1.29 is 0 Å². The third-order valence-electron chi connectivity index (χ3n) is 11.8. The minimum absolute atomic E-state index is 0.124. The maximum absolute atomic E-state index is 5.00. The summed E-state index contributed by atoms with van der Waals surface area (Å²) >= 11 is 0. The van der Waals surface area contributed by atoms with E-state index in [1.54, 1.807) is 0 Å². The molecule has 3 atom stereocenters. The third-order valence-corrected chi connectivity index (χ3v) is 11.8. The van der Waals surface area contributed by atoms with Crippen LogP contribution in [0.5, 0.6) is 0 Å². The van der Waals surface area contributed by atoms with E-state index in [9.17, 15) is 0 Å². The number of hydrogen-bond acceptors (Lipinski definition) is 0. The summed E-state index contributed by atoms with van der Waals surface area (Å²) in [6, 6.07) is 16.0. The summed E-state index contributed by atoms with van der Waals surface area (Å²) < 4.78 is 0. The van der Waals surface area contributed by atoms with Gasteiger partial charge in [-0.3, -0.25) is 0 Å². The molecule has 0 spiro atoms. The minimum Gasteiger partial charge on any atom is -0.104 e. The molecule has 1 heteroatoms. The second-order valence-corrected chi connectivity index (χ2v) is 14.1. The van der Waals surface area contributed by atoms with Crippen LogP contribution in [-0.2, 0) is 0 Å². The van der Waals surface area contributed by atoms with E-state index < -0.39 is 0 Å². The summed E-state index contributed by atoms with van der Waals surface area (Å²) in [4.78, 5) is 0. The molecule has 0 radical (unpaired) electrons. The number of fused-ring (bicyclic) bond motifs is 1. The molecular weight excluding hydrogens is 515 g/mol. The number of aryl methyl sites for hydroxylation is 2. The molecule has 0 amide bonds. The highest BCUT2D eigenvalue weighted by Crippen LogP contribution is 2.58. The van der Waals surface area contributed by atoms with Gasteiger partial charge in [-0.15, -0.1) is 6.58 Å². The molecule has 43 heavy (non-hydrogen) atoms. The second-order valence-electron chi connectivity index (χ2n) is 14.1. The van der Waals surface area contributed by atoms with Crippen molar-refractivity contribution in [2.45, 2.75) is 106 Å². The summed E-state index contributed by atoms with van der Waals surface area (Å²) in [5, 5.41) is 0. The summed E-state index contributed by atoms with van der Waals surface area (Å²) in [6.07, 6.45) is 20.6. The summed E-state index contributed by atoms with van der Waals surface area (Å²) in [7, 11) is 0. The zero-order valence-electron chi connectivity index (χ0n) is 28.2. The first-order chi connectivity index (χ1) is 20.6. The lowest BCUT2D eigenvalue weighted by Crippen LogP contribution is -2.45. The Morgan fingerprint density at radius 2 is 1.70 bits per heavy atom. The number of hydrogen-bond donors (Lipinski definition) is 0. The summed E-state index contributed by atoms with van der Waals surface area (Å²) in [5.41, 5.74) is 16.0. The van der Waals surface area contributed by atoms with Crippen molar-refractivity contribution in [2.24, 2.45) is 10.8 Å². The SMILES string of the molecule is C=C(B1C(C)=C(c2ccccc2C)C(C2=CCCC=C2)c2cccc(C)c21)/C(C)=C(\C=C/C)C1(C)CCCCC1(C)CC. The van der Waals surface area contributed by atoms with Crippen molar-refractivity contribution in [3.05, 3.63) is 129 Å². The normalized spacial score (nSPS) is 26.4. The van der Waals surface area contributed by atoms with Crippen molar-refractivity contribution in [1.82, 2.24) is 0 Å². The lowest BCUT2D eigenvalue weighted by atomic mass is 9.30. The average molecular weight is 569 g/mol. The Hall–Kier alpha value is -3.06. The fraction of sp³-hybridized carbons (Fsp3) is 0.429. The molecule has 2 aromatic carbocycles. The standard InChI is InChI=1S/C42H53B/c1-10-20-37(42(9)28-18-17-27-41(42,8)11-2)31(5)32(6)43-33(7)38(35-25-16-15-21-29(35)3)39(34-23-13-12-14-24-34)36-26-19-22-30(4)40(36)43/h10,13,15-16,19-26,39H,6,11-12,14,17-18,27-28H2,1-5,7-9H3/b20-10-,37-31+. The molecule has 224 valence electrons. The zero-order valence-corrected chi connectivity index (χ0v) is 28.2. The molecule has 3 aliphatic rings. The van der Waals surface area contributed by atoms with Gasteiger partial charge in [0.05, 0.1) is 0 Å². The molecule has 1 aliphatic heterocycles. The van der Waals surface area contributed by atoms with Gasteiger partial charge in [-0.05, 0) is 104 Å². The summed E-state index contributed by atoms with van der Waals surface area (Å²) in [5.74, 6) is 0.232. The van der Waals surface area contributed by atoms with Crippen LogP contribution in [0.1, 0.15) is 115 Å². The second kappa shape index (κ2) is 12.5. The smallest absolute Gasteiger partial charge is 0.104 e. The molecule has 3 unspecified atom stereocenters. The molecule has 1 heterocycles. The van der Waals surface area contributed by atoms with Crippen LogP contribution in [0.25, 0.3) is 5.57 Å². The van der Waals surface area contributed by atoms with E-state index in [0.29, 0.717) is 0 Å². The van der Waals surface area contributed by atoms with E-state index in [1.165, 1.54) is 93.1 Å². The Labute approximate surface area is 263 Å². The summed E-state index contributed by atoms with van der Waals surface area (Å²) in [6.45, 7) is 24.2. The highest BCUT2D eigenvalue weighted by atomic mass is 14.5. The molecular formula is C42H53B. The van der Waals surface area contributed by atoms with Gasteiger partial charge in [0.2, 0.25) is 6.71 Å². The molecule has 1 fully saturated rings. The average Bonchev–Trinajstić information content (AvgIpc) is 3.01.